The van der Waals surface area contributed by atoms with E-state index in [4.69, 9.17) is 17.4 Å². The second-order valence-electron chi connectivity index (χ2n) is 1.77. The largest absolute Gasteiger partial charge is 0.323 e. The normalized spacial score (nSPS) is 8.64. The van der Waals surface area contributed by atoms with Crippen LogP contribution in [0.1, 0.15) is 0 Å². The van der Waals surface area contributed by atoms with Crippen molar-refractivity contribution in [2.45, 2.75) is 0 Å². The van der Waals surface area contributed by atoms with Crippen molar-refractivity contribution >= 4 is 45.6 Å². The summed E-state index contributed by atoms with van der Waals surface area (Å²) in [4.78, 5) is 0. The van der Waals surface area contributed by atoms with Gasteiger partial charge >= 0.3 is 0 Å². The molecule has 0 unspecified atom stereocenters. The van der Waals surface area contributed by atoms with Gasteiger partial charge in [0.2, 0.25) is 0 Å². The number of halogens is 3. The molecule has 0 bridgehead atoms. The third-order valence-electron chi connectivity index (χ3n) is 1.09. The molecule has 1 rings (SSSR count). The molecule has 0 heterocycles. The Morgan fingerprint density at radius 1 is 1.45 bits per heavy atom. The van der Waals surface area contributed by atoms with Gasteiger partial charge in [0.1, 0.15) is 0 Å². The van der Waals surface area contributed by atoms with Crippen molar-refractivity contribution in [2.24, 2.45) is 5.84 Å². The molecule has 0 aliphatic carbocycles. The SMILES string of the molecule is Cl.NNc1ccc(Cl)cc1Br. The molecule has 0 aromatic heterocycles. The summed E-state index contributed by atoms with van der Waals surface area (Å²) in [5.41, 5.74) is 3.34. The Bertz CT molecular complexity index is 242. The Hall–Kier alpha value is 0.0400. The predicted octanol–water partition coefficient (Wildman–Crippen LogP) is 2.81. The number of hydrogen-bond donors (Lipinski definition) is 2. The lowest BCUT2D eigenvalue weighted by molar-refractivity contribution is 1.34. The standard InChI is InChI=1S/C6H6BrClN2.ClH/c7-5-3-4(8)1-2-6(5)10-9;/h1-3,10H,9H2;1H. The van der Waals surface area contributed by atoms with Gasteiger partial charge in [-0.05, 0) is 34.1 Å². The fraction of sp³-hybridized carbons (Fsp3) is 0. The molecule has 62 valence electrons. The summed E-state index contributed by atoms with van der Waals surface area (Å²) in [6.45, 7) is 0. The quantitative estimate of drug-likeness (QED) is 0.600. The van der Waals surface area contributed by atoms with E-state index in [1.54, 1.807) is 18.2 Å². The first-order chi connectivity index (χ1) is 4.74. The molecule has 1 aromatic carbocycles. The van der Waals surface area contributed by atoms with Crippen LogP contribution < -0.4 is 11.3 Å². The van der Waals surface area contributed by atoms with Gasteiger partial charge in [0.25, 0.3) is 0 Å². The first-order valence-corrected chi connectivity index (χ1v) is 3.83. The number of nitrogen functional groups attached to an aromatic ring is 1. The molecule has 0 saturated heterocycles. The van der Waals surface area contributed by atoms with Crippen LogP contribution in [0, 0.1) is 0 Å². The van der Waals surface area contributed by atoms with Gasteiger partial charge in [0, 0.05) is 9.50 Å². The average Bonchev–Trinajstić information content (AvgIpc) is 1.88. The highest BCUT2D eigenvalue weighted by atomic mass is 79.9. The van der Waals surface area contributed by atoms with E-state index >= 15 is 0 Å². The Balaban J connectivity index is 0.000001000. The summed E-state index contributed by atoms with van der Waals surface area (Å²) >= 11 is 8.96. The highest BCUT2D eigenvalue weighted by molar-refractivity contribution is 9.10. The van der Waals surface area contributed by atoms with Crippen molar-refractivity contribution in [1.82, 2.24) is 0 Å². The van der Waals surface area contributed by atoms with Crippen LogP contribution in [-0.2, 0) is 0 Å². The molecule has 0 atom stereocenters. The van der Waals surface area contributed by atoms with Crippen LogP contribution in [0.2, 0.25) is 5.02 Å². The summed E-state index contributed by atoms with van der Waals surface area (Å²) in [6.07, 6.45) is 0. The van der Waals surface area contributed by atoms with E-state index in [1.165, 1.54) is 0 Å². The zero-order valence-corrected chi connectivity index (χ0v) is 8.63. The lowest BCUT2D eigenvalue weighted by atomic mass is 10.3. The maximum absolute atomic E-state index is 5.68. The summed E-state index contributed by atoms with van der Waals surface area (Å²) in [6, 6.07) is 5.34. The fourth-order valence-electron chi connectivity index (χ4n) is 0.607. The van der Waals surface area contributed by atoms with E-state index in [1.807, 2.05) is 0 Å². The van der Waals surface area contributed by atoms with E-state index in [0.29, 0.717) is 5.02 Å². The van der Waals surface area contributed by atoms with Crippen molar-refractivity contribution in [2.75, 3.05) is 5.43 Å². The molecule has 0 saturated carbocycles. The lowest BCUT2D eigenvalue weighted by Crippen LogP contribution is -2.06. The Labute approximate surface area is 84.6 Å². The number of hydrazine groups is 1. The first-order valence-electron chi connectivity index (χ1n) is 2.65. The van der Waals surface area contributed by atoms with Crippen molar-refractivity contribution in [3.05, 3.63) is 27.7 Å². The molecule has 11 heavy (non-hydrogen) atoms. The summed E-state index contributed by atoms with van der Waals surface area (Å²) in [7, 11) is 0. The van der Waals surface area contributed by atoms with Gasteiger partial charge in [-0.1, -0.05) is 11.6 Å². The fourth-order valence-corrected chi connectivity index (χ4v) is 1.40. The highest BCUT2D eigenvalue weighted by Crippen LogP contribution is 2.24. The molecule has 3 N–H and O–H groups in total. The van der Waals surface area contributed by atoms with E-state index < -0.39 is 0 Å². The topological polar surface area (TPSA) is 38.0 Å². The predicted molar refractivity (Wildman–Crippen MR) is 54.2 cm³/mol. The van der Waals surface area contributed by atoms with Crippen molar-refractivity contribution in [3.63, 3.8) is 0 Å². The molecular weight excluding hydrogens is 251 g/mol. The van der Waals surface area contributed by atoms with Gasteiger partial charge in [0.15, 0.2) is 0 Å². The lowest BCUT2D eigenvalue weighted by Gasteiger charge is -2.01. The van der Waals surface area contributed by atoms with Crippen molar-refractivity contribution in [3.8, 4) is 0 Å². The van der Waals surface area contributed by atoms with Crippen LogP contribution in [0.15, 0.2) is 22.7 Å². The number of rotatable bonds is 1. The molecule has 0 amide bonds. The second-order valence-corrected chi connectivity index (χ2v) is 3.06. The smallest absolute Gasteiger partial charge is 0.0628 e. The minimum absolute atomic E-state index is 0. The third-order valence-corrected chi connectivity index (χ3v) is 1.98. The Morgan fingerprint density at radius 2 is 2.09 bits per heavy atom. The molecule has 0 aliphatic heterocycles. The molecule has 5 heteroatoms. The molecule has 0 fully saturated rings. The Kier molecular flexibility index (Phi) is 4.84. The van der Waals surface area contributed by atoms with Crippen LogP contribution in [0.25, 0.3) is 0 Å². The van der Waals surface area contributed by atoms with Crippen LogP contribution in [0.5, 0.6) is 0 Å². The number of nitrogens with one attached hydrogen (secondary N) is 1. The third kappa shape index (κ3) is 2.87. The first kappa shape index (κ1) is 11.0. The van der Waals surface area contributed by atoms with Crippen LogP contribution in [0.4, 0.5) is 5.69 Å². The number of anilines is 1. The maximum Gasteiger partial charge on any atom is 0.0628 e. The van der Waals surface area contributed by atoms with Crippen LogP contribution >= 0.6 is 39.9 Å². The number of nitrogens with two attached hydrogens (primary N) is 1. The minimum Gasteiger partial charge on any atom is -0.323 e. The number of benzene rings is 1. The summed E-state index contributed by atoms with van der Waals surface area (Å²) in [5, 5.41) is 0.686. The van der Waals surface area contributed by atoms with Gasteiger partial charge in [-0.25, -0.2) is 0 Å². The van der Waals surface area contributed by atoms with E-state index in [2.05, 4.69) is 21.4 Å². The molecule has 2 nitrogen and oxygen atoms in total. The van der Waals surface area contributed by atoms with Gasteiger partial charge in [-0.3, -0.25) is 5.84 Å². The monoisotopic (exact) mass is 256 g/mol. The molecule has 1 aromatic rings. The zero-order chi connectivity index (χ0) is 7.56. The van der Waals surface area contributed by atoms with Gasteiger partial charge in [-0.2, -0.15) is 0 Å². The zero-order valence-electron chi connectivity index (χ0n) is 5.47. The summed E-state index contributed by atoms with van der Waals surface area (Å²) in [5.74, 6) is 5.18. The van der Waals surface area contributed by atoms with Crippen LogP contribution in [0.3, 0.4) is 0 Å². The van der Waals surface area contributed by atoms with Crippen molar-refractivity contribution < 1.29 is 0 Å². The molecule has 0 aliphatic rings. The average molecular weight is 258 g/mol. The summed E-state index contributed by atoms with van der Waals surface area (Å²) < 4.78 is 0.863. The highest BCUT2D eigenvalue weighted by Gasteiger charge is 1.96. The van der Waals surface area contributed by atoms with E-state index in [-0.39, 0.29) is 12.4 Å². The van der Waals surface area contributed by atoms with Crippen LogP contribution in [-0.4, -0.2) is 0 Å². The molecule has 0 radical (unpaired) electrons. The van der Waals surface area contributed by atoms with E-state index in [9.17, 15) is 0 Å². The van der Waals surface area contributed by atoms with Gasteiger partial charge in [0.05, 0.1) is 5.69 Å². The minimum atomic E-state index is 0. The van der Waals surface area contributed by atoms with Crippen molar-refractivity contribution in [1.29, 1.82) is 0 Å². The van der Waals surface area contributed by atoms with E-state index in [0.717, 1.165) is 10.2 Å². The second kappa shape index (κ2) is 4.83. The molecule has 0 spiro atoms. The van der Waals surface area contributed by atoms with Gasteiger partial charge < -0.3 is 5.43 Å². The van der Waals surface area contributed by atoms with Gasteiger partial charge in [-0.15, -0.1) is 12.4 Å². The maximum atomic E-state index is 5.68. The molecular formula is C6H7BrCl2N2. The Morgan fingerprint density at radius 3 is 2.55 bits per heavy atom. The number of hydrogen-bond acceptors (Lipinski definition) is 2.